The third-order valence-corrected chi connectivity index (χ3v) is 3.48. The van der Waals surface area contributed by atoms with E-state index in [0.717, 1.165) is 10.4 Å². The molecule has 0 aliphatic rings. The first-order valence-electron chi connectivity index (χ1n) is 4.73. The molecule has 0 unspecified atom stereocenters. The molecule has 0 saturated carbocycles. The van der Waals surface area contributed by atoms with E-state index in [1.165, 1.54) is 11.3 Å². The average molecular weight is 270 g/mol. The summed E-state index contributed by atoms with van der Waals surface area (Å²) in [5, 5.41) is 12.9. The van der Waals surface area contributed by atoms with Gasteiger partial charge in [-0.3, -0.25) is 10.1 Å². The Morgan fingerprint density at radius 1 is 1.41 bits per heavy atom. The van der Waals surface area contributed by atoms with Gasteiger partial charge < -0.3 is 0 Å². The van der Waals surface area contributed by atoms with Gasteiger partial charge in [0.2, 0.25) is 5.28 Å². The number of aryl methyl sites for hydroxylation is 2. The molecule has 0 saturated heterocycles. The Morgan fingerprint density at radius 3 is 2.65 bits per heavy atom. The van der Waals surface area contributed by atoms with Crippen molar-refractivity contribution in [2.75, 3.05) is 0 Å². The quantitative estimate of drug-likeness (QED) is 0.476. The van der Waals surface area contributed by atoms with Crippen molar-refractivity contribution in [2.45, 2.75) is 13.8 Å². The highest BCUT2D eigenvalue weighted by atomic mass is 35.5. The highest BCUT2D eigenvalue weighted by molar-refractivity contribution is 7.13. The van der Waals surface area contributed by atoms with E-state index in [4.69, 9.17) is 11.6 Å². The average Bonchev–Trinajstić information content (AvgIpc) is 2.62. The van der Waals surface area contributed by atoms with Crippen LogP contribution in [0.2, 0.25) is 5.28 Å². The third kappa shape index (κ3) is 2.13. The van der Waals surface area contributed by atoms with Crippen molar-refractivity contribution < 1.29 is 4.92 Å². The molecule has 0 aliphatic heterocycles. The standard InChI is InChI=1S/C10H8ClN3O2S/c1-5-3-4-17-9(5)7-8(14(15)16)6(2)12-10(11)13-7/h3-4H,1-2H3. The topological polar surface area (TPSA) is 68.9 Å². The number of halogens is 1. The number of hydrogen-bond acceptors (Lipinski definition) is 5. The van der Waals surface area contributed by atoms with Gasteiger partial charge in [-0.05, 0) is 42.5 Å². The fraction of sp³-hybridized carbons (Fsp3) is 0.200. The molecule has 7 heteroatoms. The Kier molecular flexibility index (Phi) is 3.08. The second-order valence-electron chi connectivity index (χ2n) is 3.47. The molecule has 0 aromatic carbocycles. The molecule has 0 atom stereocenters. The minimum Gasteiger partial charge on any atom is -0.258 e. The number of nitro groups is 1. The molecule has 2 aromatic heterocycles. The van der Waals surface area contributed by atoms with Crippen LogP contribution in [0.3, 0.4) is 0 Å². The van der Waals surface area contributed by atoms with Crippen molar-refractivity contribution in [3.8, 4) is 10.6 Å². The Balaban J connectivity index is 2.76. The van der Waals surface area contributed by atoms with Crippen LogP contribution in [0.4, 0.5) is 5.69 Å². The number of rotatable bonds is 2. The monoisotopic (exact) mass is 269 g/mol. The van der Waals surface area contributed by atoms with Crippen LogP contribution in [-0.4, -0.2) is 14.9 Å². The van der Waals surface area contributed by atoms with Gasteiger partial charge in [-0.1, -0.05) is 0 Å². The van der Waals surface area contributed by atoms with Crippen molar-refractivity contribution in [1.29, 1.82) is 0 Å². The van der Waals surface area contributed by atoms with E-state index in [1.54, 1.807) is 6.92 Å². The van der Waals surface area contributed by atoms with E-state index in [9.17, 15) is 10.1 Å². The highest BCUT2D eigenvalue weighted by Crippen LogP contribution is 2.36. The fourth-order valence-corrected chi connectivity index (χ4v) is 2.65. The molecule has 0 bridgehead atoms. The van der Waals surface area contributed by atoms with E-state index in [1.807, 2.05) is 18.4 Å². The number of thiophene rings is 1. The largest absolute Gasteiger partial charge is 0.317 e. The van der Waals surface area contributed by atoms with Gasteiger partial charge in [-0.2, -0.15) is 0 Å². The highest BCUT2D eigenvalue weighted by Gasteiger charge is 2.24. The minimum atomic E-state index is -0.472. The molecule has 0 N–H and O–H groups in total. The van der Waals surface area contributed by atoms with Crippen LogP contribution in [0.25, 0.3) is 10.6 Å². The molecule has 88 valence electrons. The van der Waals surface area contributed by atoms with Gasteiger partial charge in [-0.25, -0.2) is 9.97 Å². The molecule has 17 heavy (non-hydrogen) atoms. The predicted octanol–water partition coefficient (Wildman–Crippen LogP) is 3.38. The summed E-state index contributed by atoms with van der Waals surface area (Å²) < 4.78 is 0. The van der Waals surface area contributed by atoms with Crippen LogP contribution in [0.15, 0.2) is 11.4 Å². The Bertz CT molecular complexity index is 597. The zero-order valence-corrected chi connectivity index (χ0v) is 10.7. The molecule has 2 aromatic rings. The van der Waals surface area contributed by atoms with Crippen molar-refractivity contribution in [2.24, 2.45) is 0 Å². The first-order chi connectivity index (χ1) is 8.00. The Hall–Kier alpha value is -1.53. The molecule has 5 nitrogen and oxygen atoms in total. The summed E-state index contributed by atoms with van der Waals surface area (Å²) in [6, 6.07) is 1.88. The summed E-state index contributed by atoms with van der Waals surface area (Å²) in [4.78, 5) is 19.1. The van der Waals surface area contributed by atoms with E-state index in [0.29, 0.717) is 5.69 Å². The number of hydrogen-bond donors (Lipinski definition) is 0. The summed E-state index contributed by atoms with van der Waals surface area (Å²) in [6.07, 6.45) is 0. The normalized spacial score (nSPS) is 10.5. The molecule has 0 spiro atoms. The van der Waals surface area contributed by atoms with Crippen molar-refractivity contribution in [3.63, 3.8) is 0 Å². The van der Waals surface area contributed by atoms with Gasteiger partial charge in [0.25, 0.3) is 0 Å². The molecule has 0 aliphatic carbocycles. The summed E-state index contributed by atoms with van der Waals surface area (Å²) in [7, 11) is 0. The van der Waals surface area contributed by atoms with Crippen molar-refractivity contribution in [1.82, 2.24) is 9.97 Å². The zero-order valence-electron chi connectivity index (χ0n) is 9.10. The van der Waals surface area contributed by atoms with Gasteiger partial charge in [0.05, 0.1) is 9.80 Å². The van der Waals surface area contributed by atoms with Gasteiger partial charge >= 0.3 is 5.69 Å². The molecule has 2 rings (SSSR count). The maximum Gasteiger partial charge on any atom is 0.317 e. The summed E-state index contributed by atoms with van der Waals surface area (Å²) in [5.41, 5.74) is 1.42. The van der Waals surface area contributed by atoms with Crippen LogP contribution in [0.1, 0.15) is 11.3 Å². The molecule has 0 radical (unpaired) electrons. The third-order valence-electron chi connectivity index (χ3n) is 2.29. The molecular formula is C10H8ClN3O2S. The van der Waals surface area contributed by atoms with E-state index in [-0.39, 0.29) is 16.7 Å². The second kappa shape index (κ2) is 4.38. The summed E-state index contributed by atoms with van der Waals surface area (Å²) in [6.45, 7) is 3.43. The smallest absolute Gasteiger partial charge is 0.258 e. The predicted molar refractivity (Wildman–Crippen MR) is 66.5 cm³/mol. The maximum atomic E-state index is 11.0. The van der Waals surface area contributed by atoms with E-state index < -0.39 is 4.92 Å². The van der Waals surface area contributed by atoms with Crippen LogP contribution < -0.4 is 0 Å². The molecule has 0 amide bonds. The first kappa shape index (κ1) is 11.9. The van der Waals surface area contributed by atoms with Crippen molar-refractivity contribution >= 4 is 28.6 Å². The van der Waals surface area contributed by atoms with Crippen LogP contribution >= 0.6 is 22.9 Å². The van der Waals surface area contributed by atoms with Gasteiger partial charge in [-0.15, -0.1) is 11.3 Å². The van der Waals surface area contributed by atoms with Gasteiger partial charge in [0, 0.05) is 0 Å². The zero-order chi connectivity index (χ0) is 12.6. The fourth-order valence-electron chi connectivity index (χ4n) is 1.53. The van der Waals surface area contributed by atoms with Gasteiger partial charge in [0.15, 0.2) is 5.69 Å². The molecule has 0 fully saturated rings. The lowest BCUT2D eigenvalue weighted by molar-refractivity contribution is -0.385. The van der Waals surface area contributed by atoms with E-state index in [2.05, 4.69) is 9.97 Å². The lowest BCUT2D eigenvalue weighted by atomic mass is 10.2. The molecular weight excluding hydrogens is 262 g/mol. The van der Waals surface area contributed by atoms with Crippen LogP contribution in [0.5, 0.6) is 0 Å². The van der Waals surface area contributed by atoms with Crippen LogP contribution in [-0.2, 0) is 0 Å². The molecule has 2 heterocycles. The van der Waals surface area contributed by atoms with E-state index >= 15 is 0 Å². The van der Waals surface area contributed by atoms with Gasteiger partial charge in [0.1, 0.15) is 5.69 Å². The maximum absolute atomic E-state index is 11.0. The number of aromatic nitrogens is 2. The lowest BCUT2D eigenvalue weighted by Crippen LogP contribution is -2.00. The summed E-state index contributed by atoms with van der Waals surface area (Å²) >= 11 is 7.15. The summed E-state index contributed by atoms with van der Waals surface area (Å²) in [5.74, 6) is 0. The van der Waals surface area contributed by atoms with Crippen LogP contribution in [0, 0.1) is 24.0 Å². The Labute approximate surface area is 106 Å². The Morgan fingerprint density at radius 2 is 2.12 bits per heavy atom. The SMILES string of the molecule is Cc1ccsc1-c1nc(Cl)nc(C)c1[N+](=O)[O-]. The number of nitrogens with zero attached hydrogens (tertiary/aromatic N) is 3. The second-order valence-corrected chi connectivity index (χ2v) is 4.72. The van der Waals surface area contributed by atoms with Crippen molar-refractivity contribution in [3.05, 3.63) is 38.1 Å². The lowest BCUT2D eigenvalue weighted by Gasteiger charge is -2.04. The first-order valence-corrected chi connectivity index (χ1v) is 5.99. The minimum absolute atomic E-state index is 0.0240.